The van der Waals surface area contributed by atoms with Crippen LogP contribution < -0.4 is 9.47 Å². The summed E-state index contributed by atoms with van der Waals surface area (Å²) in [6, 6.07) is 5.88. The summed E-state index contributed by atoms with van der Waals surface area (Å²) in [5.41, 5.74) is 1.20. The average molecular weight is 208 g/mol. The van der Waals surface area contributed by atoms with Gasteiger partial charge >= 0.3 is 0 Å². The van der Waals surface area contributed by atoms with Crippen molar-refractivity contribution in [3.05, 3.63) is 23.8 Å². The molecule has 0 fully saturated rings. The summed E-state index contributed by atoms with van der Waals surface area (Å²) >= 11 is 0. The van der Waals surface area contributed by atoms with Crippen LogP contribution in [-0.2, 0) is 11.2 Å². The molecule has 1 aromatic rings. The zero-order valence-corrected chi connectivity index (χ0v) is 9.16. The van der Waals surface area contributed by atoms with Crippen molar-refractivity contribution in [1.29, 1.82) is 0 Å². The number of ether oxygens (including phenoxy) is 3. The van der Waals surface area contributed by atoms with Gasteiger partial charge in [-0.05, 0) is 37.1 Å². The molecule has 0 N–H and O–H groups in total. The van der Waals surface area contributed by atoms with E-state index in [0.29, 0.717) is 6.61 Å². The van der Waals surface area contributed by atoms with Gasteiger partial charge in [0.2, 0.25) is 0 Å². The minimum Gasteiger partial charge on any atom is -0.497 e. The van der Waals surface area contributed by atoms with Crippen molar-refractivity contribution < 1.29 is 14.2 Å². The van der Waals surface area contributed by atoms with Crippen LogP contribution in [0.5, 0.6) is 11.5 Å². The minimum absolute atomic E-state index is 0.0871. The molecule has 3 heteroatoms. The van der Waals surface area contributed by atoms with Crippen molar-refractivity contribution in [3.8, 4) is 11.5 Å². The van der Waals surface area contributed by atoms with Crippen molar-refractivity contribution in [2.45, 2.75) is 26.1 Å². The van der Waals surface area contributed by atoms with Crippen LogP contribution in [0.15, 0.2) is 18.2 Å². The van der Waals surface area contributed by atoms with E-state index in [1.807, 2.05) is 25.1 Å². The van der Waals surface area contributed by atoms with Gasteiger partial charge in [0.1, 0.15) is 11.5 Å². The lowest BCUT2D eigenvalue weighted by atomic mass is 10.1. The van der Waals surface area contributed by atoms with Gasteiger partial charge in [-0.15, -0.1) is 0 Å². The SMILES string of the molecule is CCOC1CCc2cc(OC)ccc2O1. The van der Waals surface area contributed by atoms with Gasteiger partial charge < -0.3 is 14.2 Å². The van der Waals surface area contributed by atoms with E-state index < -0.39 is 0 Å². The Kier molecular flexibility index (Phi) is 3.11. The first kappa shape index (κ1) is 10.3. The van der Waals surface area contributed by atoms with Crippen molar-refractivity contribution in [2.24, 2.45) is 0 Å². The fourth-order valence-corrected chi connectivity index (χ4v) is 1.77. The van der Waals surface area contributed by atoms with E-state index >= 15 is 0 Å². The number of aryl methyl sites for hydroxylation is 1. The molecule has 1 atom stereocenters. The van der Waals surface area contributed by atoms with Gasteiger partial charge in [0.25, 0.3) is 0 Å². The fourth-order valence-electron chi connectivity index (χ4n) is 1.77. The number of rotatable bonds is 3. The highest BCUT2D eigenvalue weighted by Crippen LogP contribution is 2.30. The maximum Gasteiger partial charge on any atom is 0.200 e. The van der Waals surface area contributed by atoms with Gasteiger partial charge in [0, 0.05) is 13.0 Å². The number of benzene rings is 1. The second-order valence-corrected chi connectivity index (χ2v) is 3.52. The molecular formula is C12H16O3. The zero-order chi connectivity index (χ0) is 10.7. The Morgan fingerprint density at radius 2 is 2.33 bits per heavy atom. The first-order valence-corrected chi connectivity index (χ1v) is 5.28. The summed E-state index contributed by atoms with van der Waals surface area (Å²) in [5.74, 6) is 1.80. The molecular weight excluding hydrogens is 192 g/mol. The third kappa shape index (κ3) is 2.23. The van der Waals surface area contributed by atoms with Crippen LogP contribution in [-0.4, -0.2) is 20.0 Å². The molecule has 15 heavy (non-hydrogen) atoms. The quantitative estimate of drug-likeness (QED) is 0.763. The third-order valence-electron chi connectivity index (χ3n) is 2.53. The van der Waals surface area contributed by atoms with Crippen LogP contribution in [0.2, 0.25) is 0 Å². The summed E-state index contributed by atoms with van der Waals surface area (Å²) in [4.78, 5) is 0. The molecule has 3 nitrogen and oxygen atoms in total. The summed E-state index contributed by atoms with van der Waals surface area (Å²) in [5, 5.41) is 0. The Bertz CT molecular complexity index is 336. The molecule has 1 aliphatic rings. The lowest BCUT2D eigenvalue weighted by Crippen LogP contribution is -2.25. The topological polar surface area (TPSA) is 27.7 Å². The van der Waals surface area contributed by atoms with Crippen molar-refractivity contribution in [3.63, 3.8) is 0 Å². The van der Waals surface area contributed by atoms with E-state index in [4.69, 9.17) is 14.2 Å². The smallest absolute Gasteiger partial charge is 0.200 e. The van der Waals surface area contributed by atoms with Gasteiger partial charge in [-0.25, -0.2) is 0 Å². The monoisotopic (exact) mass is 208 g/mol. The Balaban J connectivity index is 2.13. The maximum absolute atomic E-state index is 5.69. The Morgan fingerprint density at radius 1 is 1.47 bits per heavy atom. The van der Waals surface area contributed by atoms with Crippen LogP contribution in [0.1, 0.15) is 18.9 Å². The molecule has 0 aliphatic carbocycles. The molecule has 1 unspecified atom stereocenters. The highest BCUT2D eigenvalue weighted by Gasteiger charge is 2.19. The zero-order valence-electron chi connectivity index (χ0n) is 9.16. The molecule has 1 aromatic carbocycles. The molecule has 1 heterocycles. The highest BCUT2D eigenvalue weighted by molar-refractivity contribution is 5.41. The van der Waals surface area contributed by atoms with E-state index in [2.05, 4.69) is 0 Å². The second kappa shape index (κ2) is 4.53. The van der Waals surface area contributed by atoms with Crippen LogP contribution in [0.3, 0.4) is 0 Å². The lowest BCUT2D eigenvalue weighted by molar-refractivity contribution is -0.0861. The maximum atomic E-state index is 5.69. The van der Waals surface area contributed by atoms with E-state index in [1.165, 1.54) is 5.56 Å². The van der Waals surface area contributed by atoms with E-state index in [9.17, 15) is 0 Å². The van der Waals surface area contributed by atoms with Crippen LogP contribution in [0, 0.1) is 0 Å². The lowest BCUT2D eigenvalue weighted by Gasteiger charge is -2.25. The molecule has 82 valence electrons. The predicted molar refractivity (Wildman–Crippen MR) is 57.4 cm³/mol. The van der Waals surface area contributed by atoms with Crippen molar-refractivity contribution in [1.82, 2.24) is 0 Å². The number of methoxy groups -OCH3 is 1. The van der Waals surface area contributed by atoms with Crippen molar-refractivity contribution in [2.75, 3.05) is 13.7 Å². The Labute approximate surface area is 90.0 Å². The van der Waals surface area contributed by atoms with Crippen LogP contribution >= 0.6 is 0 Å². The molecule has 0 saturated heterocycles. The molecule has 0 saturated carbocycles. The molecule has 0 radical (unpaired) electrons. The van der Waals surface area contributed by atoms with Gasteiger partial charge in [-0.1, -0.05) is 0 Å². The number of fused-ring (bicyclic) bond motifs is 1. The van der Waals surface area contributed by atoms with E-state index in [-0.39, 0.29) is 6.29 Å². The first-order chi connectivity index (χ1) is 7.33. The molecule has 2 rings (SSSR count). The first-order valence-electron chi connectivity index (χ1n) is 5.28. The number of hydrogen-bond acceptors (Lipinski definition) is 3. The van der Waals surface area contributed by atoms with Crippen LogP contribution in [0.4, 0.5) is 0 Å². The molecule has 0 aromatic heterocycles. The Morgan fingerprint density at radius 3 is 3.07 bits per heavy atom. The molecule has 1 aliphatic heterocycles. The fraction of sp³-hybridized carbons (Fsp3) is 0.500. The normalized spacial score (nSPS) is 19.2. The number of hydrogen-bond donors (Lipinski definition) is 0. The molecule has 0 spiro atoms. The molecule has 0 bridgehead atoms. The molecule has 0 amide bonds. The summed E-state index contributed by atoms with van der Waals surface area (Å²) in [6.45, 7) is 2.67. The highest BCUT2D eigenvalue weighted by atomic mass is 16.7. The van der Waals surface area contributed by atoms with Crippen LogP contribution in [0.25, 0.3) is 0 Å². The summed E-state index contributed by atoms with van der Waals surface area (Å²) in [6.07, 6.45) is 1.81. The van der Waals surface area contributed by atoms with Gasteiger partial charge in [-0.2, -0.15) is 0 Å². The van der Waals surface area contributed by atoms with Gasteiger partial charge in [0.05, 0.1) is 7.11 Å². The second-order valence-electron chi connectivity index (χ2n) is 3.52. The van der Waals surface area contributed by atoms with Gasteiger partial charge in [0.15, 0.2) is 6.29 Å². The average Bonchev–Trinajstić information content (AvgIpc) is 2.29. The third-order valence-corrected chi connectivity index (χ3v) is 2.53. The van der Waals surface area contributed by atoms with Crippen molar-refractivity contribution >= 4 is 0 Å². The summed E-state index contributed by atoms with van der Waals surface area (Å²) < 4.78 is 16.3. The minimum atomic E-state index is -0.0871. The largest absolute Gasteiger partial charge is 0.497 e. The van der Waals surface area contributed by atoms with Gasteiger partial charge in [-0.3, -0.25) is 0 Å². The van der Waals surface area contributed by atoms with E-state index in [0.717, 1.165) is 24.3 Å². The Hall–Kier alpha value is -1.22. The summed E-state index contributed by atoms with van der Waals surface area (Å²) in [7, 11) is 1.68. The standard InChI is InChI=1S/C12H16O3/c1-3-14-12-7-4-9-8-10(13-2)5-6-11(9)15-12/h5-6,8,12H,3-4,7H2,1-2H3. The van der Waals surface area contributed by atoms with E-state index in [1.54, 1.807) is 7.11 Å². The predicted octanol–water partition coefficient (Wildman–Crippen LogP) is 2.38.